The van der Waals surface area contributed by atoms with E-state index in [1.54, 1.807) is 12.1 Å². The van der Waals surface area contributed by atoms with Gasteiger partial charge in [-0.05, 0) is 71.4 Å². The van der Waals surface area contributed by atoms with Gasteiger partial charge in [-0.2, -0.15) is 0 Å². The fraction of sp³-hybridized carbons (Fsp3) is 0.520. The molecule has 0 atom stereocenters. The minimum atomic E-state index is -2.09. The fourth-order valence-electron chi connectivity index (χ4n) is 4.66. The van der Waals surface area contributed by atoms with E-state index in [0.29, 0.717) is 23.0 Å². The maximum atomic E-state index is 10.5. The largest absolute Gasteiger partial charge is 0.543 e. The molecule has 0 saturated heterocycles. The summed E-state index contributed by atoms with van der Waals surface area (Å²) < 4.78 is 6.96. The lowest BCUT2D eigenvalue weighted by molar-refractivity contribution is 0.0805. The van der Waals surface area contributed by atoms with Gasteiger partial charge in [0.15, 0.2) is 0 Å². The Morgan fingerprint density at radius 2 is 1.31 bits per heavy atom. The molecule has 0 unspecified atom stereocenters. The SMILES string of the molecule is CC(C)[Si](Oc1ccc(-c2ccc(O)cc2)cc1CC(C)(C)O)(C(C)C)C(C)C. The van der Waals surface area contributed by atoms with Crippen molar-refractivity contribution >= 4 is 8.32 Å². The highest BCUT2D eigenvalue weighted by Crippen LogP contribution is 2.44. The molecule has 0 heterocycles. The number of rotatable bonds is 8. The van der Waals surface area contributed by atoms with Crippen LogP contribution in [0, 0.1) is 0 Å². The van der Waals surface area contributed by atoms with Gasteiger partial charge < -0.3 is 14.6 Å². The Bertz CT molecular complexity index is 780. The summed E-state index contributed by atoms with van der Waals surface area (Å²) in [6.45, 7) is 17.4. The summed E-state index contributed by atoms with van der Waals surface area (Å²) in [6, 6.07) is 13.5. The van der Waals surface area contributed by atoms with Gasteiger partial charge in [0.1, 0.15) is 11.5 Å². The van der Waals surface area contributed by atoms with Crippen molar-refractivity contribution in [3.63, 3.8) is 0 Å². The first kappa shape index (κ1) is 23.5. The van der Waals surface area contributed by atoms with Gasteiger partial charge in [0, 0.05) is 6.42 Å². The van der Waals surface area contributed by atoms with Crippen molar-refractivity contribution in [1.29, 1.82) is 0 Å². The molecule has 0 amide bonds. The van der Waals surface area contributed by atoms with E-state index in [1.165, 1.54) is 0 Å². The van der Waals surface area contributed by atoms with Crippen molar-refractivity contribution in [2.45, 2.75) is 84.0 Å². The topological polar surface area (TPSA) is 49.7 Å². The molecule has 2 aromatic carbocycles. The number of hydrogen-bond donors (Lipinski definition) is 2. The minimum absolute atomic E-state index is 0.256. The molecule has 2 N–H and O–H groups in total. The van der Waals surface area contributed by atoms with Gasteiger partial charge in [-0.3, -0.25) is 0 Å². The van der Waals surface area contributed by atoms with E-state index in [1.807, 2.05) is 26.0 Å². The third-order valence-corrected chi connectivity index (χ3v) is 11.9. The highest BCUT2D eigenvalue weighted by Gasteiger charge is 2.47. The first-order valence-corrected chi connectivity index (χ1v) is 12.8. The zero-order valence-corrected chi connectivity index (χ0v) is 20.3. The first-order valence-electron chi connectivity index (χ1n) is 10.7. The monoisotopic (exact) mass is 414 g/mol. The molecular formula is C25H38O3Si. The maximum Gasteiger partial charge on any atom is 0.258 e. The Labute approximate surface area is 177 Å². The van der Waals surface area contributed by atoms with Gasteiger partial charge in [-0.25, -0.2) is 0 Å². The van der Waals surface area contributed by atoms with Crippen LogP contribution < -0.4 is 4.43 Å². The lowest BCUT2D eigenvalue weighted by Crippen LogP contribution is -2.51. The van der Waals surface area contributed by atoms with Crippen LogP contribution in [0.5, 0.6) is 11.5 Å². The molecule has 0 fully saturated rings. The number of hydrogen-bond acceptors (Lipinski definition) is 3. The third kappa shape index (κ3) is 5.43. The van der Waals surface area contributed by atoms with Crippen LogP contribution >= 0.6 is 0 Å². The van der Waals surface area contributed by atoms with Crippen LogP contribution in [-0.4, -0.2) is 24.1 Å². The number of aliphatic hydroxyl groups is 1. The summed E-state index contributed by atoms with van der Waals surface area (Å²) in [5.74, 6) is 1.16. The standard InChI is InChI=1S/C25H38O3Si/c1-17(2)29(18(3)4,19(5)6)28-24-14-11-21(15-22(24)16-25(7,8)27)20-9-12-23(26)13-10-20/h9-15,17-19,26-27H,16H2,1-8H3. The highest BCUT2D eigenvalue weighted by atomic mass is 28.4. The molecule has 0 aromatic heterocycles. The van der Waals surface area contributed by atoms with E-state index in [2.05, 4.69) is 59.7 Å². The Hall–Kier alpha value is -1.78. The van der Waals surface area contributed by atoms with Gasteiger partial charge in [-0.1, -0.05) is 59.7 Å². The molecule has 29 heavy (non-hydrogen) atoms. The van der Waals surface area contributed by atoms with Crippen molar-refractivity contribution in [3.05, 3.63) is 48.0 Å². The number of phenols is 1. The number of aromatic hydroxyl groups is 1. The van der Waals surface area contributed by atoms with Crippen molar-refractivity contribution in [1.82, 2.24) is 0 Å². The van der Waals surface area contributed by atoms with Crippen molar-refractivity contribution in [2.24, 2.45) is 0 Å². The van der Waals surface area contributed by atoms with E-state index in [0.717, 1.165) is 22.4 Å². The second kappa shape index (κ2) is 8.93. The predicted octanol–water partition coefficient (Wildman–Crippen LogP) is 6.93. The van der Waals surface area contributed by atoms with Crippen LogP contribution in [-0.2, 0) is 6.42 Å². The summed E-state index contributed by atoms with van der Waals surface area (Å²) in [4.78, 5) is 0. The minimum Gasteiger partial charge on any atom is -0.543 e. The van der Waals surface area contributed by atoms with Crippen LogP contribution in [0.25, 0.3) is 11.1 Å². The lowest BCUT2D eigenvalue weighted by atomic mass is 9.94. The summed E-state index contributed by atoms with van der Waals surface area (Å²) >= 11 is 0. The van der Waals surface area contributed by atoms with E-state index < -0.39 is 13.9 Å². The summed E-state index contributed by atoms with van der Waals surface area (Å²) in [5.41, 5.74) is 3.73. The molecule has 0 aliphatic carbocycles. The fourth-order valence-corrected chi connectivity index (χ4v) is 9.95. The quantitative estimate of drug-likeness (QED) is 0.461. The van der Waals surface area contributed by atoms with Crippen LogP contribution in [0.4, 0.5) is 0 Å². The van der Waals surface area contributed by atoms with Crippen LogP contribution in [0.1, 0.15) is 61.0 Å². The molecule has 0 saturated carbocycles. The van der Waals surface area contributed by atoms with Crippen LogP contribution in [0.2, 0.25) is 16.6 Å². The van der Waals surface area contributed by atoms with Gasteiger partial charge in [-0.15, -0.1) is 0 Å². The molecule has 3 nitrogen and oxygen atoms in total. The van der Waals surface area contributed by atoms with Gasteiger partial charge in [0.25, 0.3) is 8.32 Å². The molecule has 4 heteroatoms. The summed E-state index contributed by atoms with van der Waals surface area (Å²) in [7, 11) is -2.09. The summed E-state index contributed by atoms with van der Waals surface area (Å²) in [6.07, 6.45) is 0.521. The number of benzene rings is 2. The van der Waals surface area contributed by atoms with Gasteiger partial charge >= 0.3 is 0 Å². The smallest absolute Gasteiger partial charge is 0.258 e. The third-order valence-electron chi connectivity index (χ3n) is 5.88. The lowest BCUT2D eigenvalue weighted by Gasteiger charge is -2.43. The molecule has 0 spiro atoms. The Morgan fingerprint density at radius 3 is 1.76 bits per heavy atom. The average molecular weight is 415 g/mol. The zero-order chi connectivity index (χ0) is 22.0. The highest BCUT2D eigenvalue weighted by molar-refractivity contribution is 6.78. The molecule has 0 radical (unpaired) electrons. The predicted molar refractivity (Wildman–Crippen MR) is 125 cm³/mol. The van der Waals surface area contributed by atoms with Crippen molar-refractivity contribution < 1.29 is 14.6 Å². The number of phenolic OH excluding ortho intramolecular Hbond substituents is 1. The van der Waals surface area contributed by atoms with E-state index in [4.69, 9.17) is 4.43 Å². The molecule has 2 rings (SSSR count). The van der Waals surface area contributed by atoms with Crippen LogP contribution in [0.3, 0.4) is 0 Å². The molecule has 0 bridgehead atoms. The van der Waals surface area contributed by atoms with E-state index >= 15 is 0 Å². The van der Waals surface area contributed by atoms with Crippen molar-refractivity contribution in [2.75, 3.05) is 0 Å². The normalized spacial score (nSPS) is 12.8. The van der Waals surface area contributed by atoms with Crippen LogP contribution in [0.15, 0.2) is 42.5 Å². The molecule has 2 aromatic rings. The second-order valence-corrected chi connectivity index (χ2v) is 15.2. The van der Waals surface area contributed by atoms with Gasteiger partial charge in [0.2, 0.25) is 0 Å². The summed E-state index contributed by atoms with van der Waals surface area (Å²) in [5, 5.41) is 20.1. The molecule has 0 aliphatic heterocycles. The molecular weight excluding hydrogens is 376 g/mol. The molecule has 160 valence electrons. The van der Waals surface area contributed by atoms with Gasteiger partial charge in [0.05, 0.1) is 5.60 Å². The Kier molecular flexibility index (Phi) is 7.23. The van der Waals surface area contributed by atoms with E-state index in [-0.39, 0.29) is 5.75 Å². The molecule has 0 aliphatic rings. The maximum absolute atomic E-state index is 10.5. The zero-order valence-electron chi connectivity index (χ0n) is 19.3. The Balaban J connectivity index is 2.56. The average Bonchev–Trinajstić information content (AvgIpc) is 2.59. The van der Waals surface area contributed by atoms with Crippen molar-refractivity contribution in [3.8, 4) is 22.6 Å². The first-order chi connectivity index (χ1) is 13.4. The Morgan fingerprint density at radius 1 is 0.828 bits per heavy atom. The van der Waals surface area contributed by atoms with E-state index in [9.17, 15) is 10.2 Å². The second-order valence-electron chi connectivity index (χ2n) is 9.78.